The summed E-state index contributed by atoms with van der Waals surface area (Å²) in [7, 11) is 0. The molecule has 0 atom stereocenters. The maximum atomic E-state index is 10.4. The average Bonchev–Trinajstić information content (AvgIpc) is 2.28. The van der Waals surface area contributed by atoms with Crippen molar-refractivity contribution in [2.45, 2.75) is 13.3 Å². The second kappa shape index (κ2) is 3.41. The van der Waals surface area contributed by atoms with Crippen molar-refractivity contribution in [1.29, 1.82) is 0 Å². The first-order chi connectivity index (χ1) is 5.20. The minimum absolute atomic E-state index is 0.560. The summed E-state index contributed by atoms with van der Waals surface area (Å²) >= 11 is 9.06. The smallest absolute Gasteiger partial charge is 0.166 e. The Morgan fingerprint density at radius 1 is 1.73 bits per heavy atom. The molecule has 0 fully saturated rings. The van der Waals surface area contributed by atoms with Crippen LogP contribution in [0.4, 0.5) is 0 Å². The minimum atomic E-state index is 0.560. The normalized spacial score (nSPS) is 10.1. The predicted octanol–water partition coefficient (Wildman–Crippen LogP) is 2.81. The zero-order chi connectivity index (χ0) is 8.43. The van der Waals surface area contributed by atoms with E-state index in [4.69, 9.17) is 11.6 Å². The summed E-state index contributed by atoms with van der Waals surface area (Å²) in [6, 6.07) is 0. The first-order valence-corrected chi connectivity index (χ1v) is 4.38. The molecule has 0 amide bonds. The first kappa shape index (κ1) is 8.81. The molecule has 0 aliphatic rings. The predicted molar refractivity (Wildman–Crippen MR) is 48.3 cm³/mol. The van der Waals surface area contributed by atoms with Gasteiger partial charge in [0.25, 0.3) is 0 Å². The Bertz CT molecular complexity index is 282. The number of carbonyl (C=O) groups excluding carboxylic acids is 1. The van der Waals surface area contributed by atoms with Crippen molar-refractivity contribution in [2.75, 3.05) is 0 Å². The van der Waals surface area contributed by atoms with Gasteiger partial charge in [0.2, 0.25) is 0 Å². The fourth-order valence-electron chi connectivity index (χ4n) is 0.946. The molecule has 4 heteroatoms. The van der Waals surface area contributed by atoms with Gasteiger partial charge in [-0.15, -0.1) is 0 Å². The number of hydrogen-bond donors (Lipinski definition) is 1. The van der Waals surface area contributed by atoms with E-state index < -0.39 is 0 Å². The van der Waals surface area contributed by atoms with Gasteiger partial charge in [-0.2, -0.15) is 0 Å². The zero-order valence-corrected chi connectivity index (χ0v) is 8.29. The number of hydrogen-bond acceptors (Lipinski definition) is 1. The van der Waals surface area contributed by atoms with Gasteiger partial charge in [0.05, 0.1) is 10.7 Å². The van der Waals surface area contributed by atoms with Crippen LogP contribution >= 0.6 is 27.5 Å². The highest BCUT2D eigenvalue weighted by molar-refractivity contribution is 9.10. The molecule has 11 heavy (non-hydrogen) atoms. The summed E-state index contributed by atoms with van der Waals surface area (Å²) < 4.78 is 0.679. The van der Waals surface area contributed by atoms with E-state index in [9.17, 15) is 4.79 Å². The maximum Gasteiger partial charge on any atom is 0.166 e. The number of aromatic nitrogens is 1. The van der Waals surface area contributed by atoms with Crippen molar-refractivity contribution in [3.05, 3.63) is 20.9 Å². The fourth-order valence-corrected chi connectivity index (χ4v) is 1.68. The number of aldehydes is 1. The lowest BCUT2D eigenvalue weighted by molar-refractivity contribution is 0.111. The number of halogens is 2. The Morgan fingerprint density at radius 2 is 2.36 bits per heavy atom. The van der Waals surface area contributed by atoms with Gasteiger partial charge in [-0.05, 0) is 27.9 Å². The minimum Gasteiger partial charge on any atom is -0.346 e. The highest BCUT2D eigenvalue weighted by atomic mass is 79.9. The lowest BCUT2D eigenvalue weighted by Gasteiger charge is -1.91. The average molecular weight is 236 g/mol. The summed E-state index contributed by atoms with van der Waals surface area (Å²) in [5, 5.41) is 0.606. The molecule has 0 bridgehead atoms. The molecule has 0 aliphatic heterocycles. The molecule has 0 radical (unpaired) electrons. The highest BCUT2D eigenvalue weighted by Gasteiger charge is 2.11. The quantitative estimate of drug-likeness (QED) is 0.787. The SMILES string of the molecule is CCc1c(C=O)[nH]c(Br)c1Cl. The van der Waals surface area contributed by atoms with Crippen LogP contribution in [0.5, 0.6) is 0 Å². The number of nitrogens with one attached hydrogen (secondary N) is 1. The van der Waals surface area contributed by atoms with Crippen molar-refractivity contribution in [2.24, 2.45) is 0 Å². The molecular weight excluding hydrogens is 229 g/mol. The van der Waals surface area contributed by atoms with Gasteiger partial charge < -0.3 is 4.98 Å². The van der Waals surface area contributed by atoms with Crippen molar-refractivity contribution >= 4 is 33.8 Å². The van der Waals surface area contributed by atoms with Crippen LogP contribution in [-0.4, -0.2) is 11.3 Å². The topological polar surface area (TPSA) is 32.9 Å². The Morgan fingerprint density at radius 3 is 2.73 bits per heavy atom. The molecule has 0 aliphatic carbocycles. The summed E-state index contributed by atoms with van der Waals surface area (Å²) in [5.74, 6) is 0. The Balaban J connectivity index is 3.26. The second-order valence-electron chi connectivity index (χ2n) is 2.12. The van der Waals surface area contributed by atoms with Crippen molar-refractivity contribution in [3.8, 4) is 0 Å². The molecule has 1 aromatic heterocycles. The van der Waals surface area contributed by atoms with Crippen molar-refractivity contribution < 1.29 is 4.79 Å². The van der Waals surface area contributed by atoms with Gasteiger partial charge in [0, 0.05) is 0 Å². The van der Waals surface area contributed by atoms with E-state index in [1.807, 2.05) is 6.92 Å². The molecule has 1 rings (SSSR count). The third kappa shape index (κ3) is 1.49. The Kier molecular flexibility index (Phi) is 2.73. The summed E-state index contributed by atoms with van der Waals surface area (Å²) in [6.45, 7) is 1.95. The van der Waals surface area contributed by atoms with Crippen LogP contribution in [0.15, 0.2) is 4.60 Å². The lowest BCUT2D eigenvalue weighted by Crippen LogP contribution is -1.86. The second-order valence-corrected chi connectivity index (χ2v) is 3.29. The van der Waals surface area contributed by atoms with Crippen LogP contribution < -0.4 is 0 Å². The van der Waals surface area contributed by atoms with Crippen LogP contribution in [0.1, 0.15) is 23.0 Å². The standard InChI is InChI=1S/C7H7BrClNO/c1-2-4-5(3-11)10-7(8)6(4)9/h3,10H,2H2,1H3. The Labute approximate surface area is 78.1 Å². The first-order valence-electron chi connectivity index (χ1n) is 3.21. The summed E-state index contributed by atoms with van der Waals surface area (Å²) in [5.41, 5.74) is 1.43. The molecule has 0 saturated heterocycles. The van der Waals surface area contributed by atoms with Crippen LogP contribution in [0.2, 0.25) is 5.02 Å². The van der Waals surface area contributed by atoms with Crippen LogP contribution in [0.3, 0.4) is 0 Å². The third-order valence-electron chi connectivity index (χ3n) is 1.50. The van der Waals surface area contributed by atoms with Gasteiger partial charge in [-0.1, -0.05) is 18.5 Å². The summed E-state index contributed by atoms with van der Waals surface area (Å²) in [4.78, 5) is 13.3. The molecule has 2 nitrogen and oxygen atoms in total. The monoisotopic (exact) mass is 235 g/mol. The molecule has 0 spiro atoms. The van der Waals surface area contributed by atoms with Crippen LogP contribution in [0, 0.1) is 0 Å². The number of carbonyl (C=O) groups is 1. The Hall–Kier alpha value is -0.280. The molecule has 60 valence electrons. The maximum absolute atomic E-state index is 10.4. The summed E-state index contributed by atoms with van der Waals surface area (Å²) in [6.07, 6.45) is 1.53. The van der Waals surface area contributed by atoms with Gasteiger partial charge >= 0.3 is 0 Å². The molecule has 0 aromatic carbocycles. The fraction of sp³-hybridized carbons (Fsp3) is 0.286. The van der Waals surface area contributed by atoms with E-state index in [0.29, 0.717) is 15.3 Å². The largest absolute Gasteiger partial charge is 0.346 e. The number of aromatic amines is 1. The molecule has 0 unspecified atom stereocenters. The van der Waals surface area contributed by atoms with E-state index in [2.05, 4.69) is 20.9 Å². The van der Waals surface area contributed by atoms with Crippen LogP contribution in [-0.2, 0) is 6.42 Å². The third-order valence-corrected chi connectivity index (χ3v) is 2.74. The van der Waals surface area contributed by atoms with Gasteiger partial charge in [-0.3, -0.25) is 4.79 Å². The van der Waals surface area contributed by atoms with Crippen LogP contribution in [0.25, 0.3) is 0 Å². The van der Waals surface area contributed by atoms with E-state index in [0.717, 1.165) is 18.3 Å². The molecule has 1 heterocycles. The zero-order valence-electron chi connectivity index (χ0n) is 5.95. The molecule has 0 saturated carbocycles. The highest BCUT2D eigenvalue weighted by Crippen LogP contribution is 2.28. The molecular formula is C7H7BrClNO. The molecule has 1 aromatic rings. The lowest BCUT2D eigenvalue weighted by atomic mass is 10.2. The van der Waals surface area contributed by atoms with E-state index in [1.165, 1.54) is 0 Å². The van der Waals surface area contributed by atoms with Gasteiger partial charge in [0.1, 0.15) is 4.60 Å². The van der Waals surface area contributed by atoms with E-state index in [-0.39, 0.29) is 0 Å². The van der Waals surface area contributed by atoms with Gasteiger partial charge in [0.15, 0.2) is 6.29 Å². The van der Waals surface area contributed by atoms with E-state index in [1.54, 1.807) is 0 Å². The van der Waals surface area contributed by atoms with Crippen molar-refractivity contribution in [1.82, 2.24) is 4.98 Å². The number of rotatable bonds is 2. The van der Waals surface area contributed by atoms with Gasteiger partial charge in [-0.25, -0.2) is 0 Å². The number of H-pyrrole nitrogens is 1. The van der Waals surface area contributed by atoms with Crippen molar-refractivity contribution in [3.63, 3.8) is 0 Å². The molecule has 1 N–H and O–H groups in total. The van der Waals surface area contributed by atoms with E-state index >= 15 is 0 Å².